The molecule has 0 aliphatic rings. The highest BCUT2D eigenvalue weighted by atomic mass is 16.5. The van der Waals surface area contributed by atoms with Crippen molar-refractivity contribution in [3.63, 3.8) is 0 Å². The van der Waals surface area contributed by atoms with Crippen molar-refractivity contribution in [2.45, 2.75) is 39.8 Å². The first-order valence-corrected chi connectivity index (χ1v) is 9.15. The molecule has 2 heterocycles. The molecule has 0 radical (unpaired) electrons. The third-order valence-corrected chi connectivity index (χ3v) is 4.32. The molecule has 6 nitrogen and oxygen atoms in total. The number of carbonyl (C=O) groups excluding carboxylic acids is 1. The zero-order valence-electron chi connectivity index (χ0n) is 16.4. The molecule has 0 aliphatic carbocycles. The summed E-state index contributed by atoms with van der Waals surface area (Å²) in [7, 11) is 0. The molecule has 28 heavy (non-hydrogen) atoms. The Morgan fingerprint density at radius 1 is 1.21 bits per heavy atom. The van der Waals surface area contributed by atoms with Gasteiger partial charge < -0.3 is 14.5 Å². The number of ether oxygens (including phenoxy) is 1. The molecule has 0 bridgehead atoms. The third kappa shape index (κ3) is 3.94. The highest BCUT2D eigenvalue weighted by Crippen LogP contribution is 2.27. The van der Waals surface area contributed by atoms with Crippen LogP contribution in [0, 0.1) is 18.3 Å². The van der Waals surface area contributed by atoms with E-state index in [1.54, 1.807) is 23.9 Å². The molecule has 1 aromatic carbocycles. The number of furan rings is 1. The van der Waals surface area contributed by atoms with Crippen molar-refractivity contribution in [2.24, 2.45) is 0 Å². The molecule has 3 rings (SSSR count). The summed E-state index contributed by atoms with van der Waals surface area (Å²) in [5.41, 5.74) is 1.39. The number of nitrogens with zero attached hydrogens (tertiary/aromatic N) is 2. The second-order valence-electron chi connectivity index (χ2n) is 6.85. The van der Waals surface area contributed by atoms with E-state index in [9.17, 15) is 10.1 Å². The molecule has 0 aliphatic heterocycles. The van der Waals surface area contributed by atoms with Crippen molar-refractivity contribution in [1.29, 1.82) is 5.26 Å². The summed E-state index contributed by atoms with van der Waals surface area (Å²) in [5.74, 6) is 1.15. The van der Waals surface area contributed by atoms with Crippen molar-refractivity contribution in [1.82, 2.24) is 9.88 Å². The molecule has 1 N–H and O–H groups in total. The number of hydrogen-bond donors (Lipinski definition) is 1. The molecule has 0 fully saturated rings. The number of rotatable bonds is 6. The van der Waals surface area contributed by atoms with E-state index < -0.39 is 0 Å². The average molecular weight is 377 g/mol. The van der Waals surface area contributed by atoms with Crippen LogP contribution in [0.1, 0.15) is 54.1 Å². The van der Waals surface area contributed by atoms with Crippen LogP contribution in [0.5, 0.6) is 5.75 Å². The first kappa shape index (κ1) is 19.3. The maximum Gasteiger partial charge on any atom is 0.256 e. The lowest BCUT2D eigenvalue weighted by Crippen LogP contribution is -2.27. The molecule has 2 aromatic heterocycles. The molecule has 0 unspecified atom stereocenters. The van der Waals surface area contributed by atoms with Crippen molar-refractivity contribution in [2.75, 3.05) is 0 Å². The maximum absolute atomic E-state index is 12.9. The summed E-state index contributed by atoms with van der Waals surface area (Å²) in [6.07, 6.45) is 3.60. The van der Waals surface area contributed by atoms with Gasteiger partial charge in [-0.25, -0.2) is 0 Å². The number of hydrogen-bond acceptors (Lipinski definition) is 4. The summed E-state index contributed by atoms with van der Waals surface area (Å²) < 4.78 is 13.1. The molecular weight excluding hydrogens is 354 g/mol. The second kappa shape index (κ2) is 8.05. The fraction of sp³-hybridized carbons (Fsp3) is 0.273. The highest BCUT2D eigenvalue weighted by molar-refractivity contribution is 5.98. The van der Waals surface area contributed by atoms with Gasteiger partial charge in [-0.15, -0.1) is 0 Å². The van der Waals surface area contributed by atoms with Gasteiger partial charge in [0.15, 0.2) is 0 Å². The van der Waals surface area contributed by atoms with Crippen LogP contribution in [0.25, 0.3) is 5.88 Å². The Kier molecular flexibility index (Phi) is 5.55. The first-order chi connectivity index (χ1) is 13.4. The number of aryl methyl sites for hydroxylation is 1. The van der Waals surface area contributed by atoms with E-state index in [2.05, 4.69) is 11.4 Å². The quantitative estimate of drug-likeness (QED) is 0.684. The van der Waals surface area contributed by atoms with Crippen molar-refractivity contribution >= 4 is 5.91 Å². The van der Waals surface area contributed by atoms with Gasteiger partial charge in [-0.1, -0.05) is 12.1 Å². The van der Waals surface area contributed by atoms with Crippen LogP contribution in [0.3, 0.4) is 0 Å². The minimum Gasteiger partial charge on any atom is -0.491 e. The van der Waals surface area contributed by atoms with Crippen molar-refractivity contribution < 1.29 is 13.9 Å². The van der Waals surface area contributed by atoms with Gasteiger partial charge in [-0.2, -0.15) is 5.26 Å². The SMILES string of the molecule is Cc1oc(-n2cccc2)c(C#N)c1C(=O)N[C@@H](C)c1cccc(OC(C)C)c1. The molecule has 6 heteroatoms. The number of aromatic nitrogens is 1. The molecule has 1 atom stereocenters. The Morgan fingerprint density at radius 2 is 1.93 bits per heavy atom. The highest BCUT2D eigenvalue weighted by Gasteiger charge is 2.25. The normalized spacial score (nSPS) is 11.9. The third-order valence-electron chi connectivity index (χ3n) is 4.32. The minimum absolute atomic E-state index is 0.0685. The van der Waals surface area contributed by atoms with Crippen LogP contribution in [-0.4, -0.2) is 16.6 Å². The van der Waals surface area contributed by atoms with Crippen LogP contribution in [-0.2, 0) is 0 Å². The zero-order chi connectivity index (χ0) is 20.3. The predicted octanol–water partition coefficient (Wildman–Crippen LogP) is 4.53. The molecule has 144 valence electrons. The number of nitrogens with one attached hydrogen (secondary N) is 1. The summed E-state index contributed by atoms with van der Waals surface area (Å²) in [6.45, 7) is 7.50. The van der Waals surface area contributed by atoms with Gasteiger partial charge >= 0.3 is 0 Å². The van der Waals surface area contributed by atoms with Crippen LogP contribution >= 0.6 is 0 Å². The lowest BCUT2D eigenvalue weighted by molar-refractivity contribution is 0.0938. The summed E-state index contributed by atoms with van der Waals surface area (Å²) in [6, 6.07) is 13.1. The number of amides is 1. The van der Waals surface area contributed by atoms with E-state index in [-0.39, 0.29) is 29.2 Å². The largest absolute Gasteiger partial charge is 0.491 e. The van der Waals surface area contributed by atoms with E-state index in [0.717, 1.165) is 11.3 Å². The lowest BCUT2D eigenvalue weighted by Gasteiger charge is -2.16. The molecule has 3 aromatic rings. The molecular formula is C22H23N3O3. The summed E-state index contributed by atoms with van der Waals surface area (Å²) >= 11 is 0. The standard InChI is InChI=1S/C22H23N3O3/c1-14(2)27-18-9-7-8-17(12-18)15(3)24-21(26)20-16(4)28-22(19(20)13-23)25-10-5-6-11-25/h5-12,14-15H,1-4H3,(H,24,26)/t15-/m0/s1. The topological polar surface area (TPSA) is 80.2 Å². The molecule has 0 saturated heterocycles. The Bertz CT molecular complexity index is 1010. The Hall–Kier alpha value is -3.46. The van der Waals surface area contributed by atoms with Crippen LogP contribution in [0.4, 0.5) is 0 Å². The van der Waals surface area contributed by atoms with Gasteiger partial charge in [0.25, 0.3) is 5.91 Å². The maximum atomic E-state index is 12.9. The summed E-state index contributed by atoms with van der Waals surface area (Å²) in [4.78, 5) is 12.9. The fourth-order valence-electron chi connectivity index (χ4n) is 3.04. The van der Waals surface area contributed by atoms with E-state index in [0.29, 0.717) is 11.6 Å². The van der Waals surface area contributed by atoms with Gasteiger partial charge in [0, 0.05) is 12.4 Å². The van der Waals surface area contributed by atoms with Crippen LogP contribution in [0.2, 0.25) is 0 Å². The van der Waals surface area contributed by atoms with E-state index in [4.69, 9.17) is 9.15 Å². The molecule has 1 amide bonds. The molecule has 0 spiro atoms. The van der Waals surface area contributed by atoms with Gasteiger partial charge in [-0.3, -0.25) is 9.36 Å². The number of benzene rings is 1. The first-order valence-electron chi connectivity index (χ1n) is 9.15. The Morgan fingerprint density at radius 3 is 2.57 bits per heavy atom. The average Bonchev–Trinajstić information content (AvgIpc) is 3.28. The second-order valence-corrected chi connectivity index (χ2v) is 6.85. The van der Waals surface area contributed by atoms with Gasteiger partial charge in [0.2, 0.25) is 5.88 Å². The lowest BCUT2D eigenvalue weighted by atomic mass is 10.1. The predicted molar refractivity (Wildman–Crippen MR) is 106 cm³/mol. The van der Waals surface area contributed by atoms with Gasteiger partial charge in [0.05, 0.1) is 12.1 Å². The minimum atomic E-state index is -0.348. The number of nitriles is 1. The Balaban J connectivity index is 1.85. The number of carbonyl (C=O) groups is 1. The van der Waals surface area contributed by atoms with Crippen LogP contribution < -0.4 is 10.1 Å². The fourth-order valence-corrected chi connectivity index (χ4v) is 3.04. The van der Waals surface area contributed by atoms with E-state index in [1.807, 2.05) is 57.2 Å². The monoisotopic (exact) mass is 377 g/mol. The smallest absolute Gasteiger partial charge is 0.256 e. The van der Waals surface area contributed by atoms with Gasteiger partial charge in [-0.05, 0) is 57.5 Å². The Labute approximate surface area is 164 Å². The van der Waals surface area contributed by atoms with Crippen molar-refractivity contribution in [3.05, 3.63) is 71.2 Å². The van der Waals surface area contributed by atoms with Crippen LogP contribution in [0.15, 0.2) is 53.2 Å². The van der Waals surface area contributed by atoms with E-state index >= 15 is 0 Å². The van der Waals surface area contributed by atoms with Gasteiger partial charge in [0.1, 0.15) is 28.7 Å². The van der Waals surface area contributed by atoms with Crippen molar-refractivity contribution in [3.8, 4) is 17.7 Å². The molecule has 0 saturated carbocycles. The zero-order valence-corrected chi connectivity index (χ0v) is 16.4. The summed E-state index contributed by atoms with van der Waals surface area (Å²) in [5, 5.41) is 12.6. The van der Waals surface area contributed by atoms with E-state index in [1.165, 1.54) is 0 Å².